The number of aliphatic hydroxyl groups is 1. The van der Waals surface area contributed by atoms with Crippen molar-refractivity contribution in [2.75, 3.05) is 5.32 Å². The molecule has 2 aromatic rings. The molecule has 18 heavy (non-hydrogen) atoms. The average Bonchev–Trinajstić information content (AvgIpc) is 2.40. The van der Waals surface area contributed by atoms with Crippen molar-refractivity contribution in [3.8, 4) is 0 Å². The predicted molar refractivity (Wildman–Crippen MR) is 63.8 cm³/mol. The minimum absolute atomic E-state index is 0.108. The first-order chi connectivity index (χ1) is 8.70. The summed E-state index contributed by atoms with van der Waals surface area (Å²) in [6, 6.07) is 5.41. The fourth-order valence-electron chi connectivity index (χ4n) is 1.57. The second-order valence-corrected chi connectivity index (χ2v) is 3.79. The third-order valence-electron chi connectivity index (χ3n) is 2.55. The van der Waals surface area contributed by atoms with Crippen LogP contribution in [0.15, 0.2) is 36.7 Å². The predicted octanol–water partition coefficient (Wildman–Crippen LogP) is 2.46. The van der Waals surface area contributed by atoms with Crippen molar-refractivity contribution >= 4 is 5.69 Å². The van der Waals surface area contributed by atoms with Crippen molar-refractivity contribution in [2.45, 2.75) is 13.2 Å². The number of pyridine rings is 1. The lowest BCUT2D eigenvalue weighted by Gasteiger charge is -2.10. The Balaban J connectivity index is 2.09. The fraction of sp³-hybridized carbons (Fsp3) is 0.154. The van der Waals surface area contributed by atoms with Crippen LogP contribution in [0.3, 0.4) is 0 Å². The summed E-state index contributed by atoms with van der Waals surface area (Å²) in [4.78, 5) is 3.93. The van der Waals surface area contributed by atoms with Gasteiger partial charge in [-0.3, -0.25) is 4.98 Å². The summed E-state index contributed by atoms with van der Waals surface area (Å²) < 4.78 is 25.7. The van der Waals surface area contributed by atoms with E-state index in [1.54, 1.807) is 18.5 Å². The van der Waals surface area contributed by atoms with Crippen LogP contribution in [0.25, 0.3) is 0 Å². The van der Waals surface area contributed by atoms with Crippen molar-refractivity contribution in [2.24, 2.45) is 0 Å². The molecule has 0 atom stereocenters. The van der Waals surface area contributed by atoms with Crippen molar-refractivity contribution in [1.82, 2.24) is 4.98 Å². The highest BCUT2D eigenvalue weighted by molar-refractivity contribution is 5.48. The molecule has 0 saturated carbocycles. The van der Waals surface area contributed by atoms with Crippen LogP contribution in [-0.2, 0) is 13.2 Å². The molecule has 0 aliphatic carbocycles. The van der Waals surface area contributed by atoms with E-state index in [2.05, 4.69) is 10.3 Å². The van der Waals surface area contributed by atoms with Gasteiger partial charge in [-0.2, -0.15) is 0 Å². The summed E-state index contributed by atoms with van der Waals surface area (Å²) >= 11 is 0. The molecule has 0 aliphatic rings. The van der Waals surface area contributed by atoms with Gasteiger partial charge in [-0.15, -0.1) is 0 Å². The molecule has 0 radical (unpaired) electrons. The second kappa shape index (κ2) is 5.55. The monoisotopic (exact) mass is 250 g/mol. The SMILES string of the molecule is OCc1ccncc1NCc1ccc(F)c(F)c1. The smallest absolute Gasteiger partial charge is 0.159 e. The van der Waals surface area contributed by atoms with Crippen LogP contribution in [0.5, 0.6) is 0 Å². The van der Waals surface area contributed by atoms with E-state index in [-0.39, 0.29) is 6.61 Å². The van der Waals surface area contributed by atoms with E-state index in [4.69, 9.17) is 5.11 Å². The molecule has 3 nitrogen and oxygen atoms in total. The van der Waals surface area contributed by atoms with Gasteiger partial charge in [0.2, 0.25) is 0 Å². The van der Waals surface area contributed by atoms with Crippen LogP contribution in [0.4, 0.5) is 14.5 Å². The van der Waals surface area contributed by atoms with Gasteiger partial charge in [0.05, 0.1) is 18.5 Å². The van der Waals surface area contributed by atoms with Crippen LogP contribution in [0.2, 0.25) is 0 Å². The highest BCUT2D eigenvalue weighted by Crippen LogP contribution is 2.15. The normalized spacial score (nSPS) is 10.4. The number of anilines is 1. The number of aromatic nitrogens is 1. The molecule has 0 bridgehead atoms. The first-order valence-corrected chi connectivity index (χ1v) is 5.42. The first-order valence-electron chi connectivity index (χ1n) is 5.42. The molecule has 2 rings (SSSR count). The third kappa shape index (κ3) is 2.81. The summed E-state index contributed by atoms with van der Waals surface area (Å²) in [6.07, 6.45) is 3.15. The van der Waals surface area contributed by atoms with Gasteiger partial charge in [0.1, 0.15) is 0 Å². The lowest BCUT2D eigenvalue weighted by molar-refractivity contribution is 0.282. The molecule has 0 fully saturated rings. The summed E-state index contributed by atoms with van der Waals surface area (Å²) in [5.41, 5.74) is 1.99. The van der Waals surface area contributed by atoms with Gasteiger partial charge in [0.15, 0.2) is 11.6 Å². The molecular weight excluding hydrogens is 238 g/mol. The Labute approximate surface area is 103 Å². The maximum Gasteiger partial charge on any atom is 0.159 e. The zero-order valence-electron chi connectivity index (χ0n) is 9.53. The number of halogens is 2. The Morgan fingerprint density at radius 3 is 2.72 bits per heavy atom. The largest absolute Gasteiger partial charge is 0.392 e. The van der Waals surface area contributed by atoms with Crippen LogP contribution in [-0.4, -0.2) is 10.1 Å². The van der Waals surface area contributed by atoms with Gasteiger partial charge in [-0.05, 0) is 23.8 Å². The molecule has 94 valence electrons. The van der Waals surface area contributed by atoms with Crippen molar-refractivity contribution in [3.05, 3.63) is 59.4 Å². The number of hydrogen-bond donors (Lipinski definition) is 2. The lowest BCUT2D eigenvalue weighted by atomic mass is 10.2. The van der Waals surface area contributed by atoms with Crippen molar-refractivity contribution in [3.63, 3.8) is 0 Å². The quantitative estimate of drug-likeness (QED) is 0.876. The molecule has 0 unspecified atom stereocenters. The number of rotatable bonds is 4. The molecule has 0 aliphatic heterocycles. The topological polar surface area (TPSA) is 45.2 Å². The van der Waals surface area contributed by atoms with Gasteiger partial charge < -0.3 is 10.4 Å². The van der Waals surface area contributed by atoms with E-state index in [0.29, 0.717) is 23.4 Å². The van der Waals surface area contributed by atoms with Gasteiger partial charge in [0.25, 0.3) is 0 Å². The van der Waals surface area contributed by atoms with Crippen molar-refractivity contribution < 1.29 is 13.9 Å². The Morgan fingerprint density at radius 1 is 1.17 bits per heavy atom. The number of benzene rings is 1. The van der Waals surface area contributed by atoms with Gasteiger partial charge in [0, 0.05) is 18.3 Å². The van der Waals surface area contributed by atoms with E-state index in [1.807, 2.05) is 0 Å². The van der Waals surface area contributed by atoms with E-state index >= 15 is 0 Å². The maximum absolute atomic E-state index is 13.0. The van der Waals surface area contributed by atoms with Crippen molar-refractivity contribution in [1.29, 1.82) is 0 Å². The average molecular weight is 250 g/mol. The molecule has 5 heteroatoms. The molecule has 2 N–H and O–H groups in total. The minimum Gasteiger partial charge on any atom is -0.392 e. The van der Waals surface area contributed by atoms with Gasteiger partial charge in [-0.1, -0.05) is 6.07 Å². The number of nitrogens with zero attached hydrogens (tertiary/aromatic N) is 1. The number of nitrogens with one attached hydrogen (secondary N) is 1. The van der Waals surface area contributed by atoms with Crippen LogP contribution in [0, 0.1) is 11.6 Å². The number of hydrogen-bond acceptors (Lipinski definition) is 3. The highest BCUT2D eigenvalue weighted by Gasteiger charge is 2.04. The van der Waals surface area contributed by atoms with Crippen LogP contribution >= 0.6 is 0 Å². The van der Waals surface area contributed by atoms with E-state index in [0.717, 1.165) is 12.1 Å². The highest BCUT2D eigenvalue weighted by atomic mass is 19.2. The fourth-order valence-corrected chi connectivity index (χ4v) is 1.57. The summed E-state index contributed by atoms with van der Waals surface area (Å²) in [5.74, 6) is -1.74. The Bertz CT molecular complexity index is 546. The van der Waals surface area contributed by atoms with Crippen LogP contribution < -0.4 is 5.32 Å². The van der Waals surface area contributed by atoms with Gasteiger partial charge >= 0.3 is 0 Å². The zero-order valence-corrected chi connectivity index (χ0v) is 9.53. The second-order valence-electron chi connectivity index (χ2n) is 3.79. The number of aliphatic hydroxyl groups excluding tert-OH is 1. The third-order valence-corrected chi connectivity index (χ3v) is 2.55. The Morgan fingerprint density at radius 2 is 2.00 bits per heavy atom. The minimum atomic E-state index is -0.872. The molecule has 1 aromatic carbocycles. The van der Waals surface area contributed by atoms with Gasteiger partial charge in [-0.25, -0.2) is 8.78 Å². The van der Waals surface area contributed by atoms with E-state index < -0.39 is 11.6 Å². The lowest BCUT2D eigenvalue weighted by Crippen LogP contribution is -2.03. The summed E-state index contributed by atoms with van der Waals surface area (Å²) in [7, 11) is 0. The van der Waals surface area contributed by atoms with E-state index in [1.165, 1.54) is 6.07 Å². The molecule has 1 heterocycles. The molecular formula is C13H12F2N2O. The van der Waals surface area contributed by atoms with E-state index in [9.17, 15) is 8.78 Å². The molecule has 0 saturated heterocycles. The summed E-state index contributed by atoms with van der Waals surface area (Å²) in [6.45, 7) is 0.221. The zero-order chi connectivity index (χ0) is 13.0. The standard InChI is InChI=1S/C13H12F2N2O/c14-11-2-1-9(5-12(11)15)6-17-13-7-16-4-3-10(13)8-18/h1-5,7,17-18H,6,8H2. The Hall–Kier alpha value is -2.01. The molecule has 0 spiro atoms. The maximum atomic E-state index is 13.0. The Kier molecular flexibility index (Phi) is 3.84. The molecule has 1 aromatic heterocycles. The summed E-state index contributed by atoms with van der Waals surface area (Å²) in [5, 5.41) is 12.1. The molecule has 0 amide bonds. The first kappa shape index (κ1) is 12.4. The van der Waals surface area contributed by atoms with Crippen LogP contribution in [0.1, 0.15) is 11.1 Å².